The number of likely N-dealkylation sites (N-methyl/N-ethyl adjacent to an activating group) is 1. The Labute approximate surface area is 62.1 Å². The van der Waals surface area contributed by atoms with Gasteiger partial charge in [-0.25, -0.2) is 0 Å². The number of ether oxygens (including phenoxy) is 1. The van der Waals surface area contributed by atoms with Crippen LogP contribution in [0.25, 0.3) is 0 Å². The molecule has 1 fully saturated rings. The molecule has 0 bridgehead atoms. The number of nitrogens with two attached hydrogens (primary N) is 1. The van der Waals surface area contributed by atoms with E-state index in [-0.39, 0.29) is 12.1 Å². The summed E-state index contributed by atoms with van der Waals surface area (Å²) in [6, 6.07) is 0.155. The summed E-state index contributed by atoms with van der Waals surface area (Å²) in [5, 5.41) is 0. The second-order valence-electron chi connectivity index (χ2n) is 3.03. The molecule has 0 aliphatic carbocycles. The van der Waals surface area contributed by atoms with Gasteiger partial charge in [0, 0.05) is 19.1 Å². The fraction of sp³-hybridized carbons (Fsp3) is 1.00. The Morgan fingerprint density at radius 2 is 2.40 bits per heavy atom. The highest BCUT2D eigenvalue weighted by molar-refractivity contribution is 4.75. The monoisotopic (exact) mass is 144 g/mol. The molecule has 1 saturated heterocycles. The van der Waals surface area contributed by atoms with E-state index in [0.29, 0.717) is 0 Å². The number of morpholine rings is 1. The molecule has 1 aliphatic heterocycles. The molecule has 1 rings (SSSR count). The van der Waals surface area contributed by atoms with Gasteiger partial charge in [-0.15, -0.1) is 0 Å². The molecule has 0 saturated carbocycles. The minimum atomic E-state index is 0.155. The second kappa shape index (κ2) is 3.32. The van der Waals surface area contributed by atoms with Crippen LogP contribution in [-0.4, -0.2) is 43.8 Å². The average molecular weight is 144 g/mol. The van der Waals surface area contributed by atoms with E-state index in [0.717, 1.165) is 19.7 Å². The van der Waals surface area contributed by atoms with Crippen molar-refractivity contribution in [3.63, 3.8) is 0 Å². The maximum absolute atomic E-state index is 5.68. The highest BCUT2D eigenvalue weighted by Crippen LogP contribution is 2.04. The maximum Gasteiger partial charge on any atom is 0.0850 e. The Kier molecular flexibility index (Phi) is 2.65. The number of rotatable bonds is 1. The van der Waals surface area contributed by atoms with Gasteiger partial charge in [0.25, 0.3) is 0 Å². The SMILES string of the molecule is C[C@@H](N)[C@H]1CN(C)CCO1. The second-order valence-corrected chi connectivity index (χ2v) is 3.03. The van der Waals surface area contributed by atoms with Crippen molar-refractivity contribution in [2.75, 3.05) is 26.7 Å². The first kappa shape index (κ1) is 7.98. The first-order valence-corrected chi connectivity index (χ1v) is 3.76. The van der Waals surface area contributed by atoms with Crippen molar-refractivity contribution in [3.05, 3.63) is 0 Å². The topological polar surface area (TPSA) is 38.5 Å². The molecule has 0 aromatic heterocycles. The highest BCUT2D eigenvalue weighted by atomic mass is 16.5. The third-order valence-electron chi connectivity index (χ3n) is 1.88. The van der Waals surface area contributed by atoms with Crippen molar-refractivity contribution in [3.8, 4) is 0 Å². The molecule has 60 valence electrons. The van der Waals surface area contributed by atoms with Crippen molar-refractivity contribution in [2.24, 2.45) is 5.73 Å². The van der Waals surface area contributed by atoms with Gasteiger partial charge in [-0.3, -0.25) is 0 Å². The fourth-order valence-electron chi connectivity index (χ4n) is 1.13. The molecule has 2 atom stereocenters. The molecular formula is C7H16N2O. The Hall–Kier alpha value is -0.120. The van der Waals surface area contributed by atoms with Crippen LogP contribution in [0.2, 0.25) is 0 Å². The lowest BCUT2D eigenvalue weighted by molar-refractivity contribution is -0.0291. The molecule has 0 aromatic rings. The smallest absolute Gasteiger partial charge is 0.0850 e. The molecule has 0 unspecified atom stereocenters. The van der Waals surface area contributed by atoms with Gasteiger partial charge in [-0.05, 0) is 14.0 Å². The van der Waals surface area contributed by atoms with Crippen molar-refractivity contribution >= 4 is 0 Å². The average Bonchev–Trinajstić information content (AvgIpc) is 1.88. The summed E-state index contributed by atoms with van der Waals surface area (Å²) in [5.41, 5.74) is 5.68. The van der Waals surface area contributed by atoms with Crippen LogP contribution in [-0.2, 0) is 4.74 Å². The molecule has 2 N–H and O–H groups in total. The minimum absolute atomic E-state index is 0.155. The van der Waals surface area contributed by atoms with Gasteiger partial charge in [0.15, 0.2) is 0 Å². The molecule has 1 heterocycles. The van der Waals surface area contributed by atoms with Crippen molar-refractivity contribution in [2.45, 2.75) is 19.1 Å². The van der Waals surface area contributed by atoms with Gasteiger partial charge in [0.2, 0.25) is 0 Å². The quantitative estimate of drug-likeness (QED) is 0.547. The lowest BCUT2D eigenvalue weighted by atomic mass is 10.2. The lowest BCUT2D eigenvalue weighted by Gasteiger charge is -2.32. The summed E-state index contributed by atoms with van der Waals surface area (Å²) in [4.78, 5) is 2.25. The van der Waals surface area contributed by atoms with Gasteiger partial charge in [0.1, 0.15) is 0 Å². The van der Waals surface area contributed by atoms with E-state index in [1.54, 1.807) is 0 Å². The first-order valence-electron chi connectivity index (χ1n) is 3.76. The zero-order chi connectivity index (χ0) is 7.56. The van der Waals surface area contributed by atoms with Crippen LogP contribution in [0.1, 0.15) is 6.92 Å². The summed E-state index contributed by atoms with van der Waals surface area (Å²) in [7, 11) is 2.10. The van der Waals surface area contributed by atoms with Crippen LogP contribution in [0.15, 0.2) is 0 Å². The van der Waals surface area contributed by atoms with E-state index in [1.807, 2.05) is 6.92 Å². The van der Waals surface area contributed by atoms with Gasteiger partial charge in [-0.1, -0.05) is 0 Å². The molecule has 3 heteroatoms. The molecule has 0 spiro atoms. The van der Waals surface area contributed by atoms with Crippen LogP contribution in [0.4, 0.5) is 0 Å². The Morgan fingerprint density at radius 1 is 1.70 bits per heavy atom. The van der Waals surface area contributed by atoms with Crippen LogP contribution >= 0.6 is 0 Å². The van der Waals surface area contributed by atoms with E-state index < -0.39 is 0 Å². The van der Waals surface area contributed by atoms with Crippen molar-refractivity contribution < 1.29 is 4.74 Å². The minimum Gasteiger partial charge on any atom is -0.374 e. The third-order valence-corrected chi connectivity index (χ3v) is 1.88. The summed E-state index contributed by atoms with van der Waals surface area (Å²) in [6.07, 6.45) is 0.235. The van der Waals surface area contributed by atoms with Crippen molar-refractivity contribution in [1.29, 1.82) is 0 Å². The normalized spacial score (nSPS) is 32.1. The first-order chi connectivity index (χ1) is 4.70. The molecule has 3 nitrogen and oxygen atoms in total. The van der Waals surface area contributed by atoms with Crippen LogP contribution in [0, 0.1) is 0 Å². The van der Waals surface area contributed by atoms with Gasteiger partial charge in [-0.2, -0.15) is 0 Å². The molecule has 1 aliphatic rings. The Morgan fingerprint density at radius 3 is 2.80 bits per heavy atom. The zero-order valence-electron chi connectivity index (χ0n) is 6.71. The standard InChI is InChI=1S/C7H16N2O/c1-6(8)7-5-9(2)3-4-10-7/h6-7H,3-5,8H2,1-2H3/t6-,7-/m1/s1. The van der Waals surface area contributed by atoms with E-state index in [1.165, 1.54) is 0 Å². The van der Waals surface area contributed by atoms with E-state index in [2.05, 4.69) is 11.9 Å². The number of nitrogens with zero attached hydrogens (tertiary/aromatic N) is 1. The van der Waals surface area contributed by atoms with Crippen molar-refractivity contribution in [1.82, 2.24) is 4.90 Å². The predicted molar refractivity (Wildman–Crippen MR) is 40.9 cm³/mol. The van der Waals surface area contributed by atoms with E-state index >= 15 is 0 Å². The molecular weight excluding hydrogens is 128 g/mol. The number of hydrogen-bond acceptors (Lipinski definition) is 3. The summed E-state index contributed by atoms with van der Waals surface area (Å²) < 4.78 is 5.44. The predicted octanol–water partition coefficient (Wildman–Crippen LogP) is -0.336. The van der Waals surface area contributed by atoms with Gasteiger partial charge < -0.3 is 15.4 Å². The summed E-state index contributed by atoms with van der Waals surface area (Å²) >= 11 is 0. The Balaban J connectivity index is 2.32. The van der Waals surface area contributed by atoms with Gasteiger partial charge >= 0.3 is 0 Å². The summed E-state index contributed by atoms with van der Waals surface area (Å²) in [5.74, 6) is 0. The van der Waals surface area contributed by atoms with E-state index in [9.17, 15) is 0 Å². The molecule has 0 amide bonds. The maximum atomic E-state index is 5.68. The molecule has 10 heavy (non-hydrogen) atoms. The number of hydrogen-bond donors (Lipinski definition) is 1. The van der Waals surface area contributed by atoms with Gasteiger partial charge in [0.05, 0.1) is 12.7 Å². The lowest BCUT2D eigenvalue weighted by Crippen LogP contribution is -2.47. The molecule has 0 aromatic carbocycles. The fourth-order valence-corrected chi connectivity index (χ4v) is 1.13. The van der Waals surface area contributed by atoms with Crippen LogP contribution in [0.3, 0.4) is 0 Å². The Bertz CT molecular complexity index is 106. The third kappa shape index (κ3) is 1.94. The highest BCUT2D eigenvalue weighted by Gasteiger charge is 2.20. The van der Waals surface area contributed by atoms with Crippen LogP contribution < -0.4 is 5.73 Å². The van der Waals surface area contributed by atoms with E-state index in [4.69, 9.17) is 10.5 Å². The largest absolute Gasteiger partial charge is 0.374 e. The molecule has 0 radical (unpaired) electrons. The van der Waals surface area contributed by atoms with Crippen LogP contribution in [0.5, 0.6) is 0 Å². The zero-order valence-corrected chi connectivity index (χ0v) is 6.71. The summed E-state index contributed by atoms with van der Waals surface area (Å²) in [6.45, 7) is 4.81.